The maximum absolute atomic E-state index is 11.7. The molecule has 0 saturated carbocycles. The molecule has 0 bridgehead atoms. The molecule has 17 heavy (non-hydrogen) atoms. The SMILES string of the molecule is CC(C)(C)CC(=O)CC(=O)Cc1cccnc1. The highest BCUT2D eigenvalue weighted by atomic mass is 16.1. The van der Waals surface area contributed by atoms with Crippen molar-refractivity contribution in [3.8, 4) is 0 Å². The van der Waals surface area contributed by atoms with Gasteiger partial charge in [-0.25, -0.2) is 0 Å². The number of rotatable bonds is 5. The second-order valence-corrected chi connectivity index (χ2v) is 5.53. The summed E-state index contributed by atoms with van der Waals surface area (Å²) >= 11 is 0. The topological polar surface area (TPSA) is 47.0 Å². The Morgan fingerprint density at radius 3 is 2.47 bits per heavy atom. The zero-order valence-electron chi connectivity index (χ0n) is 10.7. The fourth-order valence-corrected chi connectivity index (χ4v) is 1.67. The van der Waals surface area contributed by atoms with Gasteiger partial charge in [0, 0.05) is 25.2 Å². The molecule has 92 valence electrons. The minimum Gasteiger partial charge on any atom is -0.299 e. The average Bonchev–Trinajstić information content (AvgIpc) is 2.15. The summed E-state index contributed by atoms with van der Waals surface area (Å²) in [5.41, 5.74) is 0.812. The summed E-state index contributed by atoms with van der Waals surface area (Å²) in [7, 11) is 0. The molecular weight excluding hydrogens is 214 g/mol. The summed E-state index contributed by atoms with van der Waals surface area (Å²) in [5, 5.41) is 0. The molecule has 1 heterocycles. The van der Waals surface area contributed by atoms with Gasteiger partial charge in [-0.1, -0.05) is 26.8 Å². The van der Waals surface area contributed by atoms with Crippen molar-refractivity contribution in [3.05, 3.63) is 30.1 Å². The molecule has 1 aromatic rings. The molecule has 0 N–H and O–H groups in total. The molecule has 0 saturated heterocycles. The summed E-state index contributed by atoms with van der Waals surface area (Å²) in [6, 6.07) is 3.64. The van der Waals surface area contributed by atoms with Gasteiger partial charge in [0.1, 0.15) is 11.6 Å². The summed E-state index contributed by atoms with van der Waals surface area (Å²) < 4.78 is 0. The van der Waals surface area contributed by atoms with E-state index in [2.05, 4.69) is 4.98 Å². The second-order valence-electron chi connectivity index (χ2n) is 5.53. The number of carbonyl (C=O) groups is 2. The fraction of sp³-hybridized carbons (Fsp3) is 0.500. The number of hydrogen-bond donors (Lipinski definition) is 0. The highest BCUT2D eigenvalue weighted by molar-refractivity contribution is 6.00. The molecule has 3 heteroatoms. The highest BCUT2D eigenvalue weighted by Crippen LogP contribution is 2.19. The van der Waals surface area contributed by atoms with E-state index in [1.807, 2.05) is 26.8 Å². The Morgan fingerprint density at radius 2 is 1.94 bits per heavy atom. The van der Waals surface area contributed by atoms with Crippen LogP contribution in [-0.2, 0) is 16.0 Å². The lowest BCUT2D eigenvalue weighted by Crippen LogP contribution is -2.17. The number of pyridine rings is 1. The molecule has 3 nitrogen and oxygen atoms in total. The lowest BCUT2D eigenvalue weighted by Gasteiger charge is -2.16. The monoisotopic (exact) mass is 233 g/mol. The van der Waals surface area contributed by atoms with Crippen molar-refractivity contribution in [2.24, 2.45) is 5.41 Å². The van der Waals surface area contributed by atoms with Gasteiger partial charge in [0.25, 0.3) is 0 Å². The Hall–Kier alpha value is -1.51. The first-order valence-electron chi connectivity index (χ1n) is 5.79. The standard InChI is InChI=1S/C14H19NO2/c1-14(2,3)9-13(17)8-12(16)7-11-5-4-6-15-10-11/h4-6,10H,7-9H2,1-3H3. The van der Waals surface area contributed by atoms with Crippen LogP contribution in [-0.4, -0.2) is 16.6 Å². The largest absolute Gasteiger partial charge is 0.299 e. The van der Waals surface area contributed by atoms with E-state index in [1.54, 1.807) is 18.5 Å². The smallest absolute Gasteiger partial charge is 0.144 e. The predicted molar refractivity (Wildman–Crippen MR) is 66.6 cm³/mol. The summed E-state index contributed by atoms with van der Waals surface area (Å²) in [5.74, 6) is -0.0151. The molecule has 0 aromatic carbocycles. The molecule has 0 atom stereocenters. The normalized spacial score (nSPS) is 11.2. The van der Waals surface area contributed by atoms with E-state index >= 15 is 0 Å². The van der Waals surface area contributed by atoms with Gasteiger partial charge >= 0.3 is 0 Å². The lowest BCUT2D eigenvalue weighted by molar-refractivity contribution is -0.127. The van der Waals surface area contributed by atoms with E-state index in [-0.39, 0.29) is 23.4 Å². The molecule has 0 spiro atoms. The van der Waals surface area contributed by atoms with Gasteiger partial charge in [0.05, 0.1) is 6.42 Å². The molecule has 1 rings (SSSR count). The van der Waals surface area contributed by atoms with Crippen molar-refractivity contribution >= 4 is 11.6 Å². The third kappa shape index (κ3) is 5.95. The Kier molecular flexibility index (Phi) is 4.55. The number of hydrogen-bond acceptors (Lipinski definition) is 3. The Balaban J connectivity index is 2.43. The zero-order chi connectivity index (χ0) is 12.9. The van der Waals surface area contributed by atoms with Gasteiger partial charge in [-0.05, 0) is 17.0 Å². The molecule has 0 amide bonds. The van der Waals surface area contributed by atoms with Crippen LogP contribution in [0, 0.1) is 5.41 Å². The maximum atomic E-state index is 11.7. The Bertz CT molecular complexity index is 390. The van der Waals surface area contributed by atoms with Gasteiger partial charge < -0.3 is 0 Å². The molecular formula is C14H19NO2. The van der Waals surface area contributed by atoms with Crippen molar-refractivity contribution in [1.82, 2.24) is 4.98 Å². The number of Topliss-reactive ketones (excluding diaryl/α,β-unsaturated/α-hetero) is 2. The van der Waals surface area contributed by atoms with Gasteiger partial charge in [-0.2, -0.15) is 0 Å². The van der Waals surface area contributed by atoms with Crippen LogP contribution in [0.5, 0.6) is 0 Å². The molecule has 0 radical (unpaired) electrons. The number of ketones is 2. The van der Waals surface area contributed by atoms with Crippen LogP contribution < -0.4 is 0 Å². The predicted octanol–water partition coefficient (Wildman–Crippen LogP) is 2.59. The maximum Gasteiger partial charge on any atom is 0.144 e. The first kappa shape index (κ1) is 13.6. The molecule has 0 unspecified atom stereocenters. The minimum atomic E-state index is -0.0499. The molecule has 0 fully saturated rings. The zero-order valence-corrected chi connectivity index (χ0v) is 10.7. The van der Waals surface area contributed by atoms with Gasteiger partial charge in [-0.3, -0.25) is 14.6 Å². The minimum absolute atomic E-state index is 0.0198. The number of aromatic nitrogens is 1. The van der Waals surface area contributed by atoms with Crippen LogP contribution >= 0.6 is 0 Å². The van der Waals surface area contributed by atoms with Crippen LogP contribution in [0.25, 0.3) is 0 Å². The van der Waals surface area contributed by atoms with E-state index in [4.69, 9.17) is 0 Å². The van der Waals surface area contributed by atoms with Crippen molar-refractivity contribution in [2.45, 2.75) is 40.0 Å². The van der Waals surface area contributed by atoms with Crippen LogP contribution in [0.1, 0.15) is 39.2 Å². The Labute approximate surface area is 102 Å². The fourth-order valence-electron chi connectivity index (χ4n) is 1.67. The van der Waals surface area contributed by atoms with Crippen LogP contribution in [0.2, 0.25) is 0 Å². The van der Waals surface area contributed by atoms with Crippen molar-refractivity contribution in [3.63, 3.8) is 0 Å². The van der Waals surface area contributed by atoms with E-state index in [9.17, 15) is 9.59 Å². The number of nitrogens with zero attached hydrogens (tertiary/aromatic N) is 1. The molecule has 0 aliphatic heterocycles. The summed E-state index contributed by atoms with van der Waals surface area (Å²) in [6.07, 6.45) is 4.10. The van der Waals surface area contributed by atoms with Crippen molar-refractivity contribution < 1.29 is 9.59 Å². The van der Waals surface area contributed by atoms with Crippen molar-refractivity contribution in [2.75, 3.05) is 0 Å². The second kappa shape index (κ2) is 5.71. The van der Waals surface area contributed by atoms with E-state index in [0.29, 0.717) is 12.8 Å². The van der Waals surface area contributed by atoms with Crippen LogP contribution in [0.4, 0.5) is 0 Å². The van der Waals surface area contributed by atoms with E-state index in [1.165, 1.54) is 0 Å². The van der Waals surface area contributed by atoms with Crippen LogP contribution in [0.15, 0.2) is 24.5 Å². The first-order chi connectivity index (χ1) is 7.87. The lowest BCUT2D eigenvalue weighted by atomic mass is 9.88. The first-order valence-corrected chi connectivity index (χ1v) is 5.79. The quantitative estimate of drug-likeness (QED) is 0.734. The summed E-state index contributed by atoms with van der Waals surface area (Å²) in [4.78, 5) is 27.2. The Morgan fingerprint density at radius 1 is 1.24 bits per heavy atom. The highest BCUT2D eigenvalue weighted by Gasteiger charge is 2.18. The van der Waals surface area contributed by atoms with Gasteiger partial charge in [0.2, 0.25) is 0 Å². The molecule has 0 aliphatic rings. The van der Waals surface area contributed by atoms with E-state index < -0.39 is 0 Å². The van der Waals surface area contributed by atoms with Gasteiger partial charge in [-0.15, -0.1) is 0 Å². The molecule has 0 aliphatic carbocycles. The summed E-state index contributed by atoms with van der Waals surface area (Å²) in [6.45, 7) is 5.99. The van der Waals surface area contributed by atoms with Gasteiger partial charge in [0.15, 0.2) is 0 Å². The molecule has 1 aromatic heterocycles. The van der Waals surface area contributed by atoms with Crippen LogP contribution in [0.3, 0.4) is 0 Å². The van der Waals surface area contributed by atoms with E-state index in [0.717, 1.165) is 5.56 Å². The average molecular weight is 233 g/mol. The number of carbonyl (C=O) groups excluding carboxylic acids is 2. The third-order valence-electron chi connectivity index (χ3n) is 2.25. The third-order valence-corrected chi connectivity index (χ3v) is 2.25. The van der Waals surface area contributed by atoms with Crippen molar-refractivity contribution in [1.29, 1.82) is 0 Å².